The third kappa shape index (κ3) is 3.12. The summed E-state index contributed by atoms with van der Waals surface area (Å²) < 4.78 is 4.15. The van der Waals surface area contributed by atoms with E-state index in [1.807, 2.05) is 23.1 Å². The molecule has 1 saturated carbocycles. The molecule has 1 aliphatic heterocycles. The van der Waals surface area contributed by atoms with Gasteiger partial charge in [0.05, 0.1) is 35.2 Å². The van der Waals surface area contributed by atoms with Gasteiger partial charge >= 0.3 is 0 Å². The van der Waals surface area contributed by atoms with Gasteiger partial charge in [0.2, 0.25) is 0 Å². The highest BCUT2D eigenvalue weighted by Crippen LogP contribution is 2.34. The van der Waals surface area contributed by atoms with Gasteiger partial charge in [0.15, 0.2) is 0 Å². The van der Waals surface area contributed by atoms with E-state index in [4.69, 9.17) is 4.99 Å². The molecule has 0 saturated heterocycles. The predicted octanol–water partition coefficient (Wildman–Crippen LogP) is 3.57. The fraction of sp³-hybridized carbons (Fsp3) is 0.429. The Morgan fingerprint density at radius 1 is 1.25 bits per heavy atom. The van der Waals surface area contributed by atoms with Crippen molar-refractivity contribution in [2.75, 3.05) is 17.7 Å². The number of aryl methyl sites for hydroxylation is 1. The van der Waals surface area contributed by atoms with Crippen molar-refractivity contribution in [2.45, 2.75) is 37.8 Å². The van der Waals surface area contributed by atoms with Crippen LogP contribution in [0.4, 0.5) is 5.69 Å². The summed E-state index contributed by atoms with van der Waals surface area (Å²) in [6, 6.07) is 9.10. The Kier molecular flexibility index (Phi) is 4.64. The molecule has 1 aromatic carbocycles. The first kappa shape index (κ1) is 17.8. The molecule has 3 aromatic rings. The van der Waals surface area contributed by atoms with Crippen molar-refractivity contribution in [1.82, 2.24) is 14.3 Å². The molecule has 7 heteroatoms. The van der Waals surface area contributed by atoms with Crippen LogP contribution in [0.5, 0.6) is 0 Å². The van der Waals surface area contributed by atoms with Crippen molar-refractivity contribution in [1.29, 1.82) is 0 Å². The molecule has 1 fully saturated rings. The molecule has 2 aliphatic rings. The fourth-order valence-electron chi connectivity index (χ4n) is 4.30. The van der Waals surface area contributed by atoms with Gasteiger partial charge in [-0.25, -0.2) is 4.68 Å². The number of rotatable bonds is 5. The molecule has 1 aliphatic carbocycles. The van der Waals surface area contributed by atoms with Crippen LogP contribution < -0.4 is 5.32 Å². The quantitative estimate of drug-likeness (QED) is 0.693. The van der Waals surface area contributed by atoms with Crippen LogP contribution in [0.3, 0.4) is 0 Å². The zero-order valence-electron chi connectivity index (χ0n) is 16.0. The molecule has 3 heterocycles. The SMILES string of the molecule is Cn1c(C2=N[C@H](CO)CS2)cc2cc(-n3cccn3)cc(NC3CCCC3)c21. The van der Waals surface area contributed by atoms with Gasteiger partial charge in [0, 0.05) is 36.6 Å². The van der Waals surface area contributed by atoms with Crippen LogP contribution >= 0.6 is 11.8 Å². The molecule has 0 bridgehead atoms. The van der Waals surface area contributed by atoms with Crippen LogP contribution in [0.2, 0.25) is 0 Å². The van der Waals surface area contributed by atoms with E-state index in [-0.39, 0.29) is 12.6 Å². The average Bonchev–Trinajstić information content (AvgIpc) is 3.49. The predicted molar refractivity (Wildman–Crippen MR) is 116 cm³/mol. The minimum Gasteiger partial charge on any atom is -0.394 e. The van der Waals surface area contributed by atoms with Gasteiger partial charge in [-0.15, -0.1) is 11.8 Å². The molecule has 0 spiro atoms. The second kappa shape index (κ2) is 7.29. The van der Waals surface area contributed by atoms with E-state index >= 15 is 0 Å². The van der Waals surface area contributed by atoms with Crippen molar-refractivity contribution in [3.8, 4) is 5.69 Å². The van der Waals surface area contributed by atoms with Gasteiger partial charge < -0.3 is 15.0 Å². The third-order valence-electron chi connectivity index (χ3n) is 5.74. The molecule has 6 nitrogen and oxygen atoms in total. The number of aliphatic imine (C=N–C) groups is 1. The normalized spacial score (nSPS) is 20.2. The molecule has 2 N–H and O–H groups in total. The Hall–Kier alpha value is -2.25. The lowest BCUT2D eigenvalue weighted by atomic mass is 10.1. The summed E-state index contributed by atoms with van der Waals surface area (Å²) >= 11 is 1.73. The maximum atomic E-state index is 9.44. The van der Waals surface area contributed by atoms with E-state index in [0.29, 0.717) is 6.04 Å². The number of thioether (sulfide) groups is 1. The minimum absolute atomic E-state index is 0.00808. The van der Waals surface area contributed by atoms with Crippen LogP contribution in [0.1, 0.15) is 31.4 Å². The lowest BCUT2D eigenvalue weighted by molar-refractivity contribution is 0.277. The standard InChI is InChI=1S/C21H25N5OS/c1-25-19(21-24-16(12-27)13-28-21)10-14-9-17(26-8-4-7-22-26)11-18(20(14)25)23-15-5-2-3-6-15/h4,7-11,15-16,23,27H,2-3,5-6,12-13H2,1H3/t16-/m1/s1. The second-order valence-corrected chi connectivity index (χ2v) is 8.69. The second-order valence-electron chi connectivity index (χ2n) is 7.68. The number of aromatic nitrogens is 3. The number of anilines is 1. The molecule has 0 radical (unpaired) electrons. The maximum Gasteiger partial charge on any atom is 0.115 e. The molecule has 1 atom stereocenters. The molecular weight excluding hydrogens is 370 g/mol. The number of nitrogens with zero attached hydrogens (tertiary/aromatic N) is 4. The van der Waals surface area contributed by atoms with Crippen LogP contribution in [0, 0.1) is 0 Å². The topological polar surface area (TPSA) is 67.4 Å². The summed E-state index contributed by atoms with van der Waals surface area (Å²) in [5, 5.41) is 19.9. The van der Waals surface area contributed by atoms with E-state index in [2.05, 4.69) is 40.2 Å². The van der Waals surface area contributed by atoms with Crippen molar-refractivity contribution < 1.29 is 5.11 Å². The number of benzene rings is 1. The molecular formula is C21H25N5OS. The maximum absolute atomic E-state index is 9.44. The number of hydrogen-bond acceptors (Lipinski definition) is 5. The largest absolute Gasteiger partial charge is 0.394 e. The Morgan fingerprint density at radius 2 is 2.11 bits per heavy atom. The zero-order chi connectivity index (χ0) is 19.1. The van der Waals surface area contributed by atoms with E-state index in [9.17, 15) is 5.11 Å². The van der Waals surface area contributed by atoms with E-state index in [1.54, 1.807) is 11.8 Å². The molecule has 28 heavy (non-hydrogen) atoms. The van der Waals surface area contributed by atoms with Gasteiger partial charge in [-0.05, 0) is 37.1 Å². The van der Waals surface area contributed by atoms with Crippen molar-refractivity contribution in [2.24, 2.45) is 12.0 Å². The van der Waals surface area contributed by atoms with Gasteiger partial charge in [-0.1, -0.05) is 12.8 Å². The summed E-state index contributed by atoms with van der Waals surface area (Å²) in [7, 11) is 2.11. The smallest absolute Gasteiger partial charge is 0.115 e. The zero-order valence-corrected chi connectivity index (χ0v) is 16.8. The summed E-state index contributed by atoms with van der Waals surface area (Å²) in [4.78, 5) is 4.71. The summed E-state index contributed by atoms with van der Waals surface area (Å²) in [5.41, 5.74) is 4.53. The molecule has 5 rings (SSSR count). The Morgan fingerprint density at radius 3 is 2.82 bits per heavy atom. The highest BCUT2D eigenvalue weighted by Gasteiger charge is 2.24. The first-order valence-corrected chi connectivity index (χ1v) is 10.9. The molecule has 2 aromatic heterocycles. The first-order chi connectivity index (χ1) is 13.7. The first-order valence-electron chi connectivity index (χ1n) is 9.95. The van der Waals surface area contributed by atoms with Gasteiger partial charge in [-0.2, -0.15) is 5.10 Å². The van der Waals surface area contributed by atoms with E-state index in [0.717, 1.165) is 27.9 Å². The molecule has 146 valence electrons. The number of fused-ring (bicyclic) bond motifs is 1. The summed E-state index contributed by atoms with van der Waals surface area (Å²) in [6.45, 7) is 0.109. The number of aliphatic hydroxyl groups excluding tert-OH is 1. The lowest BCUT2D eigenvalue weighted by Crippen LogP contribution is -2.16. The summed E-state index contributed by atoms with van der Waals surface area (Å²) in [6.07, 6.45) is 8.84. The minimum atomic E-state index is 0.00808. The summed E-state index contributed by atoms with van der Waals surface area (Å²) in [5.74, 6) is 0.846. The van der Waals surface area contributed by atoms with Crippen molar-refractivity contribution in [3.05, 3.63) is 42.4 Å². The number of nitrogens with one attached hydrogen (secondary N) is 1. The van der Waals surface area contributed by atoms with Gasteiger partial charge in [0.25, 0.3) is 0 Å². The Labute approximate surface area is 168 Å². The van der Waals surface area contributed by atoms with Crippen LogP contribution in [-0.4, -0.2) is 48.9 Å². The van der Waals surface area contributed by atoms with E-state index < -0.39 is 0 Å². The van der Waals surface area contributed by atoms with E-state index in [1.165, 1.54) is 36.6 Å². The lowest BCUT2D eigenvalue weighted by Gasteiger charge is -2.17. The Balaban J connectivity index is 1.64. The highest BCUT2D eigenvalue weighted by molar-refractivity contribution is 8.14. The van der Waals surface area contributed by atoms with Crippen molar-refractivity contribution >= 4 is 33.4 Å². The van der Waals surface area contributed by atoms with Crippen molar-refractivity contribution in [3.63, 3.8) is 0 Å². The van der Waals surface area contributed by atoms with Gasteiger partial charge in [0.1, 0.15) is 5.04 Å². The third-order valence-corrected chi connectivity index (χ3v) is 6.88. The number of hydrogen-bond donors (Lipinski definition) is 2. The number of aliphatic hydroxyl groups is 1. The van der Waals surface area contributed by atoms with Crippen LogP contribution in [0.15, 0.2) is 41.7 Å². The van der Waals surface area contributed by atoms with Crippen LogP contribution in [-0.2, 0) is 7.05 Å². The van der Waals surface area contributed by atoms with Gasteiger partial charge in [-0.3, -0.25) is 4.99 Å². The van der Waals surface area contributed by atoms with Crippen LogP contribution in [0.25, 0.3) is 16.6 Å². The highest BCUT2D eigenvalue weighted by atomic mass is 32.2. The molecule has 0 amide bonds. The fourth-order valence-corrected chi connectivity index (χ4v) is 5.40. The Bertz CT molecular complexity index is 1020. The average molecular weight is 396 g/mol. The monoisotopic (exact) mass is 395 g/mol. The molecule has 0 unspecified atom stereocenters.